The second-order valence-corrected chi connectivity index (χ2v) is 4.96. The van der Waals surface area contributed by atoms with Crippen molar-refractivity contribution >= 4 is 10.8 Å². The number of benzene rings is 3. The van der Waals surface area contributed by atoms with Gasteiger partial charge in [-0.2, -0.15) is 0 Å². The number of hydrogen-bond acceptors (Lipinski definition) is 0. The van der Waals surface area contributed by atoms with E-state index in [1.54, 1.807) is 0 Å². The van der Waals surface area contributed by atoms with Crippen molar-refractivity contribution in [2.45, 2.75) is 12.8 Å². The van der Waals surface area contributed by atoms with Crippen molar-refractivity contribution in [3.63, 3.8) is 0 Å². The maximum absolute atomic E-state index is 3.47. The van der Waals surface area contributed by atoms with Gasteiger partial charge in [-0.25, -0.2) is 0 Å². The van der Waals surface area contributed by atoms with Gasteiger partial charge in [-0.15, -0.1) is 0 Å². The van der Waals surface area contributed by atoms with Crippen LogP contribution in [-0.2, 0) is 12.8 Å². The summed E-state index contributed by atoms with van der Waals surface area (Å²) in [4.78, 5) is 0. The van der Waals surface area contributed by atoms with Gasteiger partial charge in [0.15, 0.2) is 0 Å². The third kappa shape index (κ3) is 1.39. The van der Waals surface area contributed by atoms with Gasteiger partial charge in [0.1, 0.15) is 0 Å². The van der Waals surface area contributed by atoms with E-state index in [1.807, 2.05) is 0 Å². The summed E-state index contributed by atoms with van der Waals surface area (Å²) >= 11 is 0. The van der Waals surface area contributed by atoms with E-state index >= 15 is 0 Å². The predicted molar refractivity (Wildman–Crippen MR) is 74.8 cm³/mol. The van der Waals surface area contributed by atoms with Gasteiger partial charge in [-0.3, -0.25) is 0 Å². The highest BCUT2D eigenvalue weighted by atomic mass is 14.2. The molecule has 1 aliphatic rings. The molecule has 0 heteroatoms. The summed E-state index contributed by atoms with van der Waals surface area (Å²) in [7, 11) is 0. The van der Waals surface area contributed by atoms with Gasteiger partial charge in [0.2, 0.25) is 0 Å². The average molecular weight is 229 g/mol. The molecule has 0 heterocycles. The van der Waals surface area contributed by atoms with Gasteiger partial charge >= 0.3 is 0 Å². The van der Waals surface area contributed by atoms with E-state index in [0.29, 0.717) is 0 Å². The fourth-order valence-corrected chi connectivity index (χ4v) is 2.96. The van der Waals surface area contributed by atoms with Crippen LogP contribution in [0.4, 0.5) is 0 Å². The molecule has 0 saturated heterocycles. The highest BCUT2D eigenvalue weighted by Crippen LogP contribution is 2.31. The van der Waals surface area contributed by atoms with Crippen LogP contribution in [0.2, 0.25) is 0 Å². The minimum atomic E-state index is 1.02. The van der Waals surface area contributed by atoms with Gasteiger partial charge in [0.05, 0.1) is 0 Å². The number of hydrogen-bond donors (Lipinski definition) is 0. The van der Waals surface area contributed by atoms with E-state index in [2.05, 4.69) is 60.7 Å². The van der Waals surface area contributed by atoms with Crippen LogP contribution in [0.25, 0.3) is 10.8 Å². The summed E-state index contributed by atoms with van der Waals surface area (Å²) in [6, 6.07) is 23.0. The smallest absolute Gasteiger partial charge is 0.00137 e. The molecule has 0 N–H and O–H groups in total. The minimum Gasteiger partial charge on any atom is -0.0620 e. The van der Waals surface area contributed by atoms with Crippen molar-refractivity contribution in [1.29, 1.82) is 0 Å². The third-order valence-electron chi connectivity index (χ3n) is 3.90. The van der Waals surface area contributed by atoms with Crippen molar-refractivity contribution in [3.05, 3.63) is 82.9 Å². The molecule has 18 heavy (non-hydrogen) atoms. The Morgan fingerprint density at radius 3 is 2.39 bits per heavy atom. The maximum Gasteiger partial charge on any atom is -0.00137 e. The monoisotopic (exact) mass is 229 g/mol. The molecule has 0 fully saturated rings. The molecule has 3 aromatic carbocycles. The lowest BCUT2D eigenvalue weighted by atomic mass is 9.83. The summed E-state index contributed by atoms with van der Waals surface area (Å²) in [6.07, 6.45) is 2.07. The Kier molecular flexibility index (Phi) is 2.04. The first-order valence-corrected chi connectivity index (χ1v) is 6.40. The topological polar surface area (TPSA) is 0 Å². The molecule has 0 unspecified atom stereocenters. The van der Waals surface area contributed by atoms with Gasteiger partial charge in [-0.1, -0.05) is 48.5 Å². The molecule has 0 amide bonds. The SMILES string of the molecule is [c]1cc2ccccc2c2c1Cc1ccccc1C2. The highest BCUT2D eigenvalue weighted by Gasteiger charge is 2.16. The van der Waals surface area contributed by atoms with Crippen molar-refractivity contribution in [2.75, 3.05) is 0 Å². The van der Waals surface area contributed by atoms with Crippen LogP contribution >= 0.6 is 0 Å². The first-order chi connectivity index (χ1) is 8.92. The lowest BCUT2D eigenvalue weighted by molar-refractivity contribution is 1.01. The van der Waals surface area contributed by atoms with E-state index in [4.69, 9.17) is 0 Å². The lowest BCUT2D eigenvalue weighted by Gasteiger charge is -2.21. The van der Waals surface area contributed by atoms with Crippen molar-refractivity contribution in [3.8, 4) is 0 Å². The molecule has 0 bridgehead atoms. The Bertz CT molecular complexity index is 738. The zero-order valence-corrected chi connectivity index (χ0v) is 10.1. The molecule has 0 atom stereocenters. The van der Waals surface area contributed by atoms with Gasteiger partial charge in [0, 0.05) is 0 Å². The quantitative estimate of drug-likeness (QED) is 0.425. The van der Waals surface area contributed by atoms with Gasteiger partial charge < -0.3 is 0 Å². The molecule has 0 aromatic heterocycles. The van der Waals surface area contributed by atoms with E-state index in [9.17, 15) is 0 Å². The standard InChI is InChI=1S/C18H13/c1-2-7-15-12-18-16(11-14(15)6-1)10-9-13-5-3-4-8-17(13)18/h1-9H,11-12H2. The minimum absolute atomic E-state index is 1.02. The normalized spacial score (nSPS) is 13.1. The van der Waals surface area contributed by atoms with Crippen LogP contribution in [-0.4, -0.2) is 0 Å². The Balaban J connectivity index is 1.98. The molecule has 0 aliphatic heterocycles. The number of fused-ring (bicyclic) bond motifs is 4. The summed E-state index contributed by atoms with van der Waals surface area (Å²) < 4.78 is 0. The van der Waals surface area contributed by atoms with E-state index < -0.39 is 0 Å². The molecule has 0 saturated carbocycles. The molecular formula is C18H13. The van der Waals surface area contributed by atoms with E-state index in [-0.39, 0.29) is 0 Å². The van der Waals surface area contributed by atoms with Crippen molar-refractivity contribution in [1.82, 2.24) is 0 Å². The van der Waals surface area contributed by atoms with Gasteiger partial charge in [0.25, 0.3) is 0 Å². The van der Waals surface area contributed by atoms with E-state index in [1.165, 1.54) is 33.0 Å². The van der Waals surface area contributed by atoms with Crippen LogP contribution in [0.3, 0.4) is 0 Å². The Morgan fingerprint density at radius 1 is 0.778 bits per heavy atom. The molecule has 1 radical (unpaired) electrons. The lowest BCUT2D eigenvalue weighted by Crippen LogP contribution is -2.07. The second kappa shape index (κ2) is 3.71. The predicted octanol–water partition coefficient (Wildman–Crippen LogP) is 4.13. The Hall–Kier alpha value is -2.08. The highest BCUT2D eigenvalue weighted by molar-refractivity contribution is 5.87. The molecule has 1 aliphatic carbocycles. The number of rotatable bonds is 0. The van der Waals surface area contributed by atoms with Crippen LogP contribution < -0.4 is 0 Å². The second-order valence-electron chi connectivity index (χ2n) is 4.96. The zero-order chi connectivity index (χ0) is 11.9. The molecular weight excluding hydrogens is 216 g/mol. The molecule has 4 rings (SSSR count). The summed E-state index contributed by atoms with van der Waals surface area (Å²) in [5, 5.41) is 2.69. The molecule has 85 valence electrons. The third-order valence-corrected chi connectivity index (χ3v) is 3.90. The largest absolute Gasteiger partial charge is 0.0620 e. The Labute approximate surface area is 107 Å². The molecule has 0 spiro atoms. The molecule has 0 nitrogen and oxygen atoms in total. The Morgan fingerprint density at radius 2 is 1.50 bits per heavy atom. The van der Waals surface area contributed by atoms with Crippen LogP contribution in [0.1, 0.15) is 22.3 Å². The first kappa shape index (κ1) is 9.90. The van der Waals surface area contributed by atoms with Crippen molar-refractivity contribution in [2.24, 2.45) is 0 Å². The van der Waals surface area contributed by atoms with Crippen LogP contribution in [0, 0.1) is 6.07 Å². The summed E-state index contributed by atoms with van der Waals surface area (Å²) in [6.45, 7) is 0. The van der Waals surface area contributed by atoms with Crippen LogP contribution in [0.15, 0.2) is 54.6 Å². The van der Waals surface area contributed by atoms with Gasteiger partial charge in [-0.05, 0) is 58.0 Å². The summed E-state index contributed by atoms with van der Waals surface area (Å²) in [5.74, 6) is 0. The molecule has 3 aromatic rings. The maximum atomic E-state index is 3.47. The summed E-state index contributed by atoms with van der Waals surface area (Å²) in [5.41, 5.74) is 5.76. The average Bonchev–Trinajstić information content (AvgIpc) is 2.45. The first-order valence-electron chi connectivity index (χ1n) is 6.40. The fraction of sp³-hybridized carbons (Fsp3) is 0.111. The fourth-order valence-electron chi connectivity index (χ4n) is 2.96. The van der Waals surface area contributed by atoms with Crippen LogP contribution in [0.5, 0.6) is 0 Å². The van der Waals surface area contributed by atoms with Crippen molar-refractivity contribution < 1.29 is 0 Å². The van der Waals surface area contributed by atoms with E-state index in [0.717, 1.165) is 12.8 Å². The zero-order valence-electron chi connectivity index (χ0n) is 10.1.